The molecule has 0 saturated heterocycles. The Morgan fingerprint density at radius 3 is 2.90 bits per heavy atom. The van der Waals surface area contributed by atoms with E-state index in [1.165, 1.54) is 23.1 Å². The molecule has 1 aromatic heterocycles. The molecule has 2 aromatic rings. The van der Waals surface area contributed by atoms with Gasteiger partial charge in [0.15, 0.2) is 4.34 Å². The number of ether oxygens (including phenoxy) is 1. The first-order valence-corrected chi connectivity index (χ1v) is 11.0. The van der Waals surface area contributed by atoms with Crippen molar-refractivity contribution in [3.8, 4) is 0 Å². The maximum atomic E-state index is 12.1. The first kappa shape index (κ1) is 21.4. The summed E-state index contributed by atoms with van der Waals surface area (Å²) in [6.45, 7) is 6.10. The Hall–Kier alpha value is -2.30. The zero-order chi connectivity index (χ0) is 21.0. The van der Waals surface area contributed by atoms with E-state index in [0.29, 0.717) is 31.5 Å². The van der Waals surface area contributed by atoms with Crippen molar-refractivity contribution >= 4 is 57.5 Å². The van der Waals surface area contributed by atoms with Crippen molar-refractivity contribution in [3.63, 3.8) is 0 Å². The maximum absolute atomic E-state index is 12.1. The van der Waals surface area contributed by atoms with Gasteiger partial charge >= 0.3 is 12.0 Å². The van der Waals surface area contributed by atoms with Crippen LogP contribution in [0.5, 0.6) is 0 Å². The minimum atomic E-state index is -0.445. The van der Waals surface area contributed by atoms with E-state index >= 15 is 0 Å². The standard InChI is InChI=1S/C18H20ClN5O3S2/c1-4-27-15(25)11-7-20-16(26)21-13(11)8-28-18-24-23-17(29-18)22-14-10(3)5-9(2)6-12(14)19/h5-6H,4,7-8H2,1-3H3,(H,22,23)(H2,20,21,26). The van der Waals surface area contributed by atoms with Crippen LogP contribution in [0.1, 0.15) is 18.1 Å². The fourth-order valence-corrected chi connectivity index (χ4v) is 4.81. The Morgan fingerprint density at radius 2 is 2.17 bits per heavy atom. The van der Waals surface area contributed by atoms with Gasteiger partial charge in [-0.1, -0.05) is 40.8 Å². The number of benzene rings is 1. The van der Waals surface area contributed by atoms with Crippen molar-refractivity contribution in [2.45, 2.75) is 25.1 Å². The van der Waals surface area contributed by atoms with Gasteiger partial charge in [-0.25, -0.2) is 9.59 Å². The topological polar surface area (TPSA) is 105 Å². The zero-order valence-electron chi connectivity index (χ0n) is 16.1. The second kappa shape index (κ2) is 9.47. The average molecular weight is 454 g/mol. The Labute approximate surface area is 181 Å². The largest absolute Gasteiger partial charge is 0.463 e. The lowest BCUT2D eigenvalue weighted by atomic mass is 10.1. The van der Waals surface area contributed by atoms with E-state index in [1.54, 1.807) is 6.92 Å². The molecule has 0 unspecified atom stereocenters. The highest BCUT2D eigenvalue weighted by Crippen LogP contribution is 2.33. The molecule has 0 saturated carbocycles. The summed E-state index contributed by atoms with van der Waals surface area (Å²) < 4.78 is 5.75. The predicted molar refractivity (Wildman–Crippen MR) is 115 cm³/mol. The molecule has 154 valence electrons. The van der Waals surface area contributed by atoms with E-state index in [0.717, 1.165) is 16.8 Å². The normalized spacial score (nSPS) is 13.7. The van der Waals surface area contributed by atoms with Crippen molar-refractivity contribution in [2.75, 3.05) is 24.2 Å². The number of carbonyl (C=O) groups excluding carboxylic acids is 2. The van der Waals surface area contributed by atoms with Crippen molar-refractivity contribution in [1.82, 2.24) is 20.8 Å². The zero-order valence-corrected chi connectivity index (χ0v) is 18.5. The molecule has 0 aliphatic carbocycles. The summed E-state index contributed by atoms with van der Waals surface area (Å²) in [5.74, 6) is -0.0831. The van der Waals surface area contributed by atoms with E-state index in [1.807, 2.05) is 26.0 Å². The number of urea groups is 1. The molecule has 29 heavy (non-hydrogen) atoms. The lowest BCUT2D eigenvalue weighted by molar-refractivity contribution is -0.138. The van der Waals surface area contributed by atoms with Crippen LogP contribution in [0.4, 0.5) is 15.6 Å². The second-order valence-electron chi connectivity index (χ2n) is 6.21. The van der Waals surface area contributed by atoms with Gasteiger partial charge < -0.3 is 20.7 Å². The SMILES string of the molecule is CCOC(=O)C1=C(CSc2nnc(Nc3c(C)cc(C)cc3Cl)s2)NC(=O)NC1. The number of aromatic nitrogens is 2. The van der Waals surface area contributed by atoms with Crippen LogP contribution >= 0.6 is 34.7 Å². The Bertz CT molecular complexity index is 953. The quantitative estimate of drug-likeness (QED) is 0.432. The van der Waals surface area contributed by atoms with Gasteiger partial charge in [0.1, 0.15) is 0 Å². The molecule has 1 aliphatic heterocycles. The Balaban J connectivity index is 1.70. The minimum absolute atomic E-state index is 0.134. The number of thioether (sulfide) groups is 1. The number of hydrogen-bond acceptors (Lipinski definition) is 8. The van der Waals surface area contributed by atoms with Crippen LogP contribution in [0.15, 0.2) is 27.7 Å². The van der Waals surface area contributed by atoms with Crippen LogP contribution in [0.2, 0.25) is 5.02 Å². The number of nitrogens with one attached hydrogen (secondary N) is 3. The van der Waals surface area contributed by atoms with Crippen LogP contribution in [-0.4, -0.2) is 41.1 Å². The molecule has 1 aromatic carbocycles. The van der Waals surface area contributed by atoms with Crippen LogP contribution in [0.25, 0.3) is 0 Å². The summed E-state index contributed by atoms with van der Waals surface area (Å²) >= 11 is 9.07. The summed E-state index contributed by atoms with van der Waals surface area (Å²) in [7, 11) is 0. The second-order valence-corrected chi connectivity index (χ2v) is 8.82. The summed E-state index contributed by atoms with van der Waals surface area (Å²) in [5.41, 5.74) is 3.81. The average Bonchev–Trinajstić information content (AvgIpc) is 3.11. The highest BCUT2D eigenvalue weighted by atomic mass is 35.5. The molecule has 0 atom stereocenters. The molecule has 3 rings (SSSR count). The first-order chi connectivity index (χ1) is 13.9. The van der Waals surface area contributed by atoms with Crippen molar-refractivity contribution < 1.29 is 14.3 Å². The molecule has 2 amide bonds. The number of nitrogens with zero attached hydrogens (tertiary/aromatic N) is 2. The highest BCUT2D eigenvalue weighted by Gasteiger charge is 2.24. The third-order valence-corrected chi connectivity index (χ3v) is 6.28. The molecule has 2 heterocycles. The van der Waals surface area contributed by atoms with E-state index in [9.17, 15) is 9.59 Å². The fraction of sp³-hybridized carbons (Fsp3) is 0.333. The van der Waals surface area contributed by atoms with Gasteiger partial charge in [0.05, 0.1) is 29.4 Å². The van der Waals surface area contributed by atoms with Gasteiger partial charge in [0, 0.05) is 11.4 Å². The van der Waals surface area contributed by atoms with Crippen molar-refractivity contribution in [1.29, 1.82) is 0 Å². The van der Waals surface area contributed by atoms with Gasteiger partial charge in [-0.05, 0) is 38.0 Å². The summed E-state index contributed by atoms with van der Waals surface area (Å²) in [6.07, 6.45) is 0. The van der Waals surface area contributed by atoms with Gasteiger partial charge in [0.2, 0.25) is 5.13 Å². The van der Waals surface area contributed by atoms with Crippen LogP contribution < -0.4 is 16.0 Å². The number of amides is 2. The Kier molecular flexibility index (Phi) is 6.99. The first-order valence-electron chi connectivity index (χ1n) is 8.81. The number of esters is 1. The number of hydrogen-bond donors (Lipinski definition) is 3. The van der Waals surface area contributed by atoms with Crippen LogP contribution in [-0.2, 0) is 9.53 Å². The van der Waals surface area contributed by atoms with Crippen molar-refractivity contribution in [3.05, 3.63) is 39.6 Å². The number of rotatable bonds is 7. The molecule has 1 aliphatic rings. The lowest BCUT2D eigenvalue weighted by Gasteiger charge is -2.20. The van der Waals surface area contributed by atoms with E-state index in [2.05, 4.69) is 26.1 Å². The van der Waals surface area contributed by atoms with E-state index in [4.69, 9.17) is 16.3 Å². The maximum Gasteiger partial charge on any atom is 0.337 e. The minimum Gasteiger partial charge on any atom is -0.463 e. The van der Waals surface area contributed by atoms with E-state index in [-0.39, 0.29) is 19.2 Å². The number of anilines is 2. The molecule has 8 nitrogen and oxygen atoms in total. The number of carbonyl (C=O) groups is 2. The third kappa shape index (κ3) is 5.40. The summed E-state index contributed by atoms with van der Waals surface area (Å²) in [6, 6.07) is 3.57. The molecule has 0 spiro atoms. The highest BCUT2D eigenvalue weighted by molar-refractivity contribution is 8.01. The Morgan fingerprint density at radius 1 is 1.38 bits per heavy atom. The molecule has 11 heteroatoms. The lowest BCUT2D eigenvalue weighted by Crippen LogP contribution is -2.44. The monoisotopic (exact) mass is 453 g/mol. The smallest absolute Gasteiger partial charge is 0.337 e. The fourth-order valence-electron chi connectivity index (χ4n) is 2.70. The molecule has 0 fully saturated rings. The third-order valence-electron chi connectivity index (χ3n) is 3.99. The number of halogens is 1. The van der Waals surface area contributed by atoms with Crippen LogP contribution in [0.3, 0.4) is 0 Å². The van der Waals surface area contributed by atoms with Gasteiger partial charge in [-0.15, -0.1) is 10.2 Å². The molecule has 3 N–H and O–H groups in total. The van der Waals surface area contributed by atoms with E-state index < -0.39 is 5.97 Å². The van der Waals surface area contributed by atoms with Crippen molar-refractivity contribution in [2.24, 2.45) is 0 Å². The van der Waals surface area contributed by atoms with Gasteiger partial charge in [-0.3, -0.25) is 0 Å². The molecular formula is C18H20ClN5O3S2. The molecular weight excluding hydrogens is 434 g/mol. The summed E-state index contributed by atoms with van der Waals surface area (Å²) in [4.78, 5) is 23.7. The van der Waals surface area contributed by atoms with Gasteiger partial charge in [-0.2, -0.15) is 0 Å². The number of aryl methyl sites for hydroxylation is 2. The van der Waals surface area contributed by atoms with Gasteiger partial charge in [0.25, 0.3) is 0 Å². The predicted octanol–water partition coefficient (Wildman–Crippen LogP) is 3.77. The molecule has 0 radical (unpaired) electrons. The summed E-state index contributed by atoms with van der Waals surface area (Å²) in [5, 5.41) is 18.0. The molecule has 0 bridgehead atoms. The van der Waals surface area contributed by atoms with Crippen LogP contribution in [0, 0.1) is 13.8 Å².